The van der Waals surface area contributed by atoms with Gasteiger partial charge in [0.05, 0.1) is 0 Å². The third kappa shape index (κ3) is 2.03. The Morgan fingerprint density at radius 1 is 1.22 bits per heavy atom. The Morgan fingerprint density at radius 3 is 2.89 bits per heavy atom. The molecule has 2 N–H and O–H groups in total. The fourth-order valence-corrected chi connectivity index (χ4v) is 3.08. The van der Waals surface area contributed by atoms with Crippen LogP contribution in [0.2, 0.25) is 0 Å². The van der Waals surface area contributed by atoms with E-state index in [1.54, 1.807) is 6.07 Å². The summed E-state index contributed by atoms with van der Waals surface area (Å²) in [5.74, 6) is 1.67. The molecule has 3 heteroatoms. The highest BCUT2D eigenvalue weighted by Gasteiger charge is 2.28. The fraction of sp³-hybridized carbons (Fsp3) is 0.467. The Morgan fingerprint density at radius 2 is 2.06 bits per heavy atom. The molecule has 1 saturated carbocycles. The van der Waals surface area contributed by atoms with Crippen molar-refractivity contribution in [3.05, 3.63) is 35.8 Å². The summed E-state index contributed by atoms with van der Waals surface area (Å²) in [6.45, 7) is 0.704. The second-order valence-electron chi connectivity index (χ2n) is 5.22. The molecule has 1 aliphatic rings. The maximum absolute atomic E-state index is 13.2. The molecule has 0 aliphatic heterocycles. The lowest BCUT2D eigenvalue weighted by molar-refractivity contribution is 0.282. The maximum atomic E-state index is 13.2. The van der Waals surface area contributed by atoms with Crippen LogP contribution in [0.3, 0.4) is 0 Å². The molecule has 0 spiro atoms. The predicted molar refractivity (Wildman–Crippen MR) is 69.9 cm³/mol. The fourth-order valence-electron chi connectivity index (χ4n) is 3.08. The monoisotopic (exact) mass is 247 g/mol. The summed E-state index contributed by atoms with van der Waals surface area (Å²) in [6, 6.07) is 6.66. The van der Waals surface area contributed by atoms with Gasteiger partial charge in [-0.25, -0.2) is 4.39 Å². The van der Waals surface area contributed by atoms with Crippen molar-refractivity contribution in [3.63, 3.8) is 0 Å². The zero-order valence-corrected chi connectivity index (χ0v) is 10.4. The topological polar surface area (TPSA) is 39.2 Å². The molecule has 1 aromatic heterocycles. The standard InChI is InChI=1S/C15H18FNO/c16-12-5-6-14-11(7-12)8-15(18-14)13-4-2-1-3-10(13)9-17/h5-8,10,13H,1-4,9,17H2. The van der Waals surface area contributed by atoms with Gasteiger partial charge in [0.1, 0.15) is 17.2 Å². The average molecular weight is 247 g/mol. The number of nitrogens with two attached hydrogens (primary N) is 1. The quantitative estimate of drug-likeness (QED) is 0.876. The molecule has 1 aromatic carbocycles. The smallest absolute Gasteiger partial charge is 0.134 e. The second-order valence-corrected chi connectivity index (χ2v) is 5.22. The number of hydrogen-bond acceptors (Lipinski definition) is 2. The van der Waals surface area contributed by atoms with E-state index in [1.807, 2.05) is 6.07 Å². The molecule has 0 saturated heterocycles. The first kappa shape index (κ1) is 11.7. The Labute approximate surface area is 106 Å². The van der Waals surface area contributed by atoms with Crippen LogP contribution in [0.15, 0.2) is 28.7 Å². The Balaban J connectivity index is 1.97. The zero-order valence-electron chi connectivity index (χ0n) is 10.4. The van der Waals surface area contributed by atoms with E-state index in [1.165, 1.54) is 31.4 Å². The van der Waals surface area contributed by atoms with Crippen LogP contribution in [0.25, 0.3) is 11.0 Å². The van der Waals surface area contributed by atoms with Crippen LogP contribution in [-0.4, -0.2) is 6.54 Å². The number of hydrogen-bond donors (Lipinski definition) is 1. The number of fused-ring (bicyclic) bond motifs is 1. The van der Waals surface area contributed by atoms with Crippen molar-refractivity contribution in [3.8, 4) is 0 Å². The number of benzene rings is 1. The summed E-state index contributed by atoms with van der Waals surface area (Å²) < 4.78 is 19.0. The molecular formula is C15H18FNO. The molecule has 1 aliphatic carbocycles. The third-order valence-corrected chi connectivity index (χ3v) is 4.07. The molecule has 2 nitrogen and oxygen atoms in total. The number of halogens is 1. The van der Waals surface area contributed by atoms with E-state index in [0.717, 1.165) is 23.2 Å². The van der Waals surface area contributed by atoms with E-state index in [9.17, 15) is 4.39 Å². The van der Waals surface area contributed by atoms with Gasteiger partial charge in [-0.1, -0.05) is 12.8 Å². The molecular weight excluding hydrogens is 229 g/mol. The van der Waals surface area contributed by atoms with Crippen LogP contribution in [0, 0.1) is 11.7 Å². The average Bonchev–Trinajstić information content (AvgIpc) is 2.81. The Bertz CT molecular complexity index is 548. The minimum Gasteiger partial charge on any atom is -0.461 e. The lowest BCUT2D eigenvalue weighted by atomic mass is 9.78. The normalized spacial score (nSPS) is 24.6. The largest absolute Gasteiger partial charge is 0.461 e. The maximum Gasteiger partial charge on any atom is 0.134 e. The zero-order chi connectivity index (χ0) is 12.5. The van der Waals surface area contributed by atoms with Gasteiger partial charge in [-0.05, 0) is 49.6 Å². The van der Waals surface area contributed by atoms with Gasteiger partial charge in [0.25, 0.3) is 0 Å². The van der Waals surface area contributed by atoms with E-state index in [0.29, 0.717) is 18.4 Å². The molecule has 96 valence electrons. The highest BCUT2D eigenvalue weighted by Crippen LogP contribution is 2.39. The van der Waals surface area contributed by atoms with E-state index >= 15 is 0 Å². The van der Waals surface area contributed by atoms with Crippen molar-refractivity contribution in [2.45, 2.75) is 31.6 Å². The summed E-state index contributed by atoms with van der Waals surface area (Å²) in [5.41, 5.74) is 6.62. The molecule has 0 bridgehead atoms. The molecule has 1 heterocycles. The van der Waals surface area contributed by atoms with Gasteiger partial charge in [-0.2, -0.15) is 0 Å². The molecule has 18 heavy (non-hydrogen) atoms. The Kier molecular flexibility index (Phi) is 3.08. The molecule has 1 fully saturated rings. The van der Waals surface area contributed by atoms with Gasteiger partial charge < -0.3 is 10.2 Å². The molecule has 2 atom stereocenters. The minimum atomic E-state index is -0.214. The molecule has 0 amide bonds. The van der Waals surface area contributed by atoms with Crippen molar-refractivity contribution in [2.24, 2.45) is 11.7 Å². The first-order valence-electron chi connectivity index (χ1n) is 6.67. The van der Waals surface area contributed by atoms with E-state index in [2.05, 4.69) is 0 Å². The van der Waals surface area contributed by atoms with Gasteiger partial charge in [0.2, 0.25) is 0 Å². The van der Waals surface area contributed by atoms with Crippen LogP contribution >= 0.6 is 0 Å². The van der Waals surface area contributed by atoms with Crippen molar-refractivity contribution < 1.29 is 8.81 Å². The van der Waals surface area contributed by atoms with Crippen LogP contribution in [-0.2, 0) is 0 Å². The van der Waals surface area contributed by atoms with E-state index in [-0.39, 0.29) is 5.82 Å². The number of rotatable bonds is 2. The van der Waals surface area contributed by atoms with E-state index in [4.69, 9.17) is 10.2 Å². The Hall–Kier alpha value is -1.35. The molecule has 3 rings (SSSR count). The summed E-state index contributed by atoms with van der Waals surface area (Å²) >= 11 is 0. The SMILES string of the molecule is NCC1CCCCC1c1cc2cc(F)ccc2o1. The van der Waals surface area contributed by atoms with Crippen LogP contribution < -0.4 is 5.73 Å². The minimum absolute atomic E-state index is 0.214. The van der Waals surface area contributed by atoms with Gasteiger partial charge in [-0.3, -0.25) is 0 Å². The van der Waals surface area contributed by atoms with Gasteiger partial charge >= 0.3 is 0 Å². The van der Waals surface area contributed by atoms with Crippen LogP contribution in [0.1, 0.15) is 37.4 Å². The van der Waals surface area contributed by atoms with Crippen molar-refractivity contribution >= 4 is 11.0 Å². The highest BCUT2D eigenvalue weighted by molar-refractivity contribution is 5.78. The number of furan rings is 1. The predicted octanol–water partition coefficient (Wildman–Crippen LogP) is 3.80. The van der Waals surface area contributed by atoms with Crippen molar-refractivity contribution in [2.75, 3.05) is 6.54 Å². The van der Waals surface area contributed by atoms with Gasteiger partial charge in [0.15, 0.2) is 0 Å². The first-order valence-corrected chi connectivity index (χ1v) is 6.67. The highest BCUT2D eigenvalue weighted by atomic mass is 19.1. The summed E-state index contributed by atoms with van der Waals surface area (Å²) in [7, 11) is 0. The third-order valence-electron chi connectivity index (χ3n) is 4.07. The second kappa shape index (κ2) is 4.73. The van der Waals surface area contributed by atoms with Crippen molar-refractivity contribution in [1.82, 2.24) is 0 Å². The van der Waals surface area contributed by atoms with E-state index < -0.39 is 0 Å². The lowest BCUT2D eigenvalue weighted by Gasteiger charge is -2.28. The summed E-state index contributed by atoms with van der Waals surface area (Å²) in [6.07, 6.45) is 4.79. The first-order chi connectivity index (χ1) is 8.78. The molecule has 2 unspecified atom stereocenters. The summed E-state index contributed by atoms with van der Waals surface area (Å²) in [4.78, 5) is 0. The molecule has 0 radical (unpaired) electrons. The molecule has 2 aromatic rings. The van der Waals surface area contributed by atoms with Crippen LogP contribution in [0.4, 0.5) is 4.39 Å². The lowest BCUT2D eigenvalue weighted by Crippen LogP contribution is -2.24. The van der Waals surface area contributed by atoms with Crippen molar-refractivity contribution in [1.29, 1.82) is 0 Å². The van der Waals surface area contributed by atoms with Gasteiger partial charge in [-0.15, -0.1) is 0 Å². The summed E-state index contributed by atoms with van der Waals surface area (Å²) in [5, 5.41) is 0.853. The van der Waals surface area contributed by atoms with Crippen LogP contribution in [0.5, 0.6) is 0 Å². The van der Waals surface area contributed by atoms with Gasteiger partial charge in [0, 0.05) is 11.3 Å².